The number of rotatable bonds is 7. The number of hydrogen-bond acceptors (Lipinski definition) is 3. The summed E-state index contributed by atoms with van der Waals surface area (Å²) < 4.78 is 24.0. The maximum atomic E-state index is 12.0. The first-order valence-corrected chi connectivity index (χ1v) is 9.73. The summed E-state index contributed by atoms with van der Waals surface area (Å²) in [6.45, 7) is 5.15. The van der Waals surface area contributed by atoms with E-state index in [2.05, 4.69) is 12.2 Å². The predicted molar refractivity (Wildman–Crippen MR) is 88.5 cm³/mol. The van der Waals surface area contributed by atoms with Crippen molar-refractivity contribution in [3.8, 4) is 0 Å². The van der Waals surface area contributed by atoms with Gasteiger partial charge in [-0.1, -0.05) is 26.7 Å². The van der Waals surface area contributed by atoms with Crippen molar-refractivity contribution in [1.82, 2.24) is 0 Å². The molecule has 0 radical (unpaired) electrons. The first kappa shape index (κ1) is 16.3. The summed E-state index contributed by atoms with van der Waals surface area (Å²) in [5, 5.41) is 3.49. The minimum absolute atomic E-state index is 0.221. The Labute approximate surface area is 129 Å². The van der Waals surface area contributed by atoms with Crippen molar-refractivity contribution in [2.24, 2.45) is 5.41 Å². The van der Waals surface area contributed by atoms with Gasteiger partial charge < -0.3 is 5.32 Å². The molecule has 1 aromatic carbocycles. The van der Waals surface area contributed by atoms with Gasteiger partial charge in [0.1, 0.15) is 0 Å². The highest BCUT2D eigenvalue weighted by atomic mass is 32.2. The fourth-order valence-electron chi connectivity index (χ4n) is 3.24. The molecule has 1 aliphatic carbocycles. The normalized spacial score (nSPS) is 17.8. The molecule has 0 atom stereocenters. The molecule has 1 aromatic rings. The average Bonchev–Trinajstić information content (AvgIpc) is 2.95. The first-order valence-electron chi connectivity index (χ1n) is 8.08. The third-order valence-corrected chi connectivity index (χ3v) is 6.70. The Hall–Kier alpha value is -1.03. The summed E-state index contributed by atoms with van der Waals surface area (Å²) in [6.07, 6.45) is 7.15. The molecule has 1 N–H and O–H groups in total. The Kier molecular flexibility index (Phi) is 5.31. The topological polar surface area (TPSA) is 46.2 Å². The lowest BCUT2D eigenvalue weighted by Gasteiger charge is -2.28. The van der Waals surface area contributed by atoms with Gasteiger partial charge in [-0.15, -0.1) is 0 Å². The molecule has 0 aliphatic heterocycles. The van der Waals surface area contributed by atoms with Crippen molar-refractivity contribution in [3.63, 3.8) is 0 Å². The van der Waals surface area contributed by atoms with Gasteiger partial charge in [0.15, 0.2) is 9.84 Å². The molecular weight excluding hydrogens is 282 g/mol. The number of sulfone groups is 1. The fraction of sp³-hybridized carbons (Fsp3) is 0.647. The van der Waals surface area contributed by atoms with Crippen LogP contribution in [0.1, 0.15) is 52.4 Å². The van der Waals surface area contributed by atoms with Crippen LogP contribution in [0.2, 0.25) is 0 Å². The van der Waals surface area contributed by atoms with Crippen LogP contribution in [-0.2, 0) is 9.84 Å². The van der Waals surface area contributed by atoms with Gasteiger partial charge in [-0.3, -0.25) is 0 Å². The van der Waals surface area contributed by atoms with Crippen LogP contribution < -0.4 is 5.32 Å². The van der Waals surface area contributed by atoms with Crippen molar-refractivity contribution < 1.29 is 8.42 Å². The van der Waals surface area contributed by atoms with Gasteiger partial charge in [-0.05, 0) is 55.4 Å². The summed E-state index contributed by atoms with van der Waals surface area (Å²) in [5.41, 5.74) is 1.46. The second-order valence-electron chi connectivity index (χ2n) is 6.26. The number of nitrogens with one attached hydrogen (secondary N) is 1. The maximum absolute atomic E-state index is 12.0. The van der Waals surface area contributed by atoms with Crippen LogP contribution in [0.4, 0.5) is 5.69 Å². The molecule has 4 heteroatoms. The molecule has 0 unspecified atom stereocenters. The van der Waals surface area contributed by atoms with Crippen molar-refractivity contribution in [2.75, 3.05) is 17.6 Å². The Morgan fingerprint density at radius 2 is 1.71 bits per heavy atom. The second-order valence-corrected chi connectivity index (χ2v) is 8.37. The average molecular weight is 309 g/mol. The summed E-state index contributed by atoms with van der Waals surface area (Å²) in [6, 6.07) is 7.23. The maximum Gasteiger partial charge on any atom is 0.178 e. The van der Waals surface area contributed by atoms with Crippen LogP contribution in [0, 0.1) is 5.41 Å². The Bertz CT molecular complexity index is 543. The molecular formula is C17H27NO2S. The highest BCUT2D eigenvalue weighted by Crippen LogP contribution is 2.40. The van der Waals surface area contributed by atoms with Crippen molar-refractivity contribution >= 4 is 15.5 Å². The smallest absolute Gasteiger partial charge is 0.178 e. The summed E-state index contributed by atoms with van der Waals surface area (Å²) in [4.78, 5) is 0.431. The van der Waals surface area contributed by atoms with E-state index >= 15 is 0 Å². The second kappa shape index (κ2) is 6.82. The van der Waals surface area contributed by atoms with E-state index in [-0.39, 0.29) is 5.75 Å². The lowest BCUT2D eigenvalue weighted by atomic mass is 9.83. The van der Waals surface area contributed by atoms with Gasteiger partial charge in [0.05, 0.1) is 10.6 Å². The van der Waals surface area contributed by atoms with Gasteiger partial charge >= 0.3 is 0 Å². The molecule has 1 aliphatic rings. The number of anilines is 1. The molecule has 0 amide bonds. The van der Waals surface area contributed by atoms with Crippen LogP contribution in [0.3, 0.4) is 0 Å². The molecule has 0 bridgehead atoms. The van der Waals surface area contributed by atoms with Crippen molar-refractivity contribution in [1.29, 1.82) is 0 Å². The Morgan fingerprint density at radius 1 is 1.10 bits per heavy atom. The SMILES string of the molecule is CCCS(=O)(=O)c1ccc(NCC2(CC)CCCC2)cc1. The third-order valence-electron chi connectivity index (χ3n) is 4.77. The minimum atomic E-state index is -3.10. The minimum Gasteiger partial charge on any atom is -0.384 e. The van der Waals surface area contributed by atoms with E-state index in [4.69, 9.17) is 0 Å². The Balaban J connectivity index is 2.00. The lowest BCUT2D eigenvalue weighted by Crippen LogP contribution is -2.25. The van der Waals surface area contributed by atoms with E-state index in [1.165, 1.54) is 32.1 Å². The molecule has 1 fully saturated rings. The standard InChI is InChI=1S/C17H27NO2S/c1-3-13-21(19,20)16-9-7-15(8-10-16)18-14-17(4-2)11-5-6-12-17/h7-10,18H,3-6,11-14H2,1-2H3. The molecule has 0 spiro atoms. The number of hydrogen-bond donors (Lipinski definition) is 1. The Morgan fingerprint density at radius 3 is 2.24 bits per heavy atom. The van der Waals surface area contributed by atoms with Crippen LogP contribution in [0.5, 0.6) is 0 Å². The van der Waals surface area contributed by atoms with Gasteiger partial charge in [-0.25, -0.2) is 8.42 Å². The van der Waals surface area contributed by atoms with Crippen LogP contribution in [0.15, 0.2) is 29.2 Å². The van der Waals surface area contributed by atoms with Gasteiger partial charge in [0.2, 0.25) is 0 Å². The third kappa shape index (κ3) is 4.00. The quantitative estimate of drug-likeness (QED) is 0.819. The largest absolute Gasteiger partial charge is 0.384 e. The monoisotopic (exact) mass is 309 g/mol. The zero-order valence-corrected chi connectivity index (χ0v) is 14.0. The highest BCUT2D eigenvalue weighted by Gasteiger charge is 2.31. The van der Waals surface area contributed by atoms with E-state index in [9.17, 15) is 8.42 Å². The molecule has 2 rings (SSSR count). The number of benzene rings is 1. The van der Waals surface area contributed by atoms with Crippen molar-refractivity contribution in [3.05, 3.63) is 24.3 Å². The molecule has 21 heavy (non-hydrogen) atoms. The van der Waals surface area contributed by atoms with Crippen molar-refractivity contribution in [2.45, 2.75) is 57.3 Å². The molecule has 0 aromatic heterocycles. The van der Waals surface area contributed by atoms with Gasteiger partial charge in [0.25, 0.3) is 0 Å². The zero-order valence-electron chi connectivity index (χ0n) is 13.2. The zero-order chi connectivity index (χ0) is 15.3. The van der Waals surface area contributed by atoms with E-state index in [1.807, 2.05) is 19.1 Å². The van der Waals surface area contributed by atoms with E-state index in [0.717, 1.165) is 12.2 Å². The predicted octanol–water partition coefficient (Wildman–Crippen LogP) is 4.25. The molecule has 1 saturated carbocycles. The first-order chi connectivity index (χ1) is 10.0. The molecule has 3 nitrogen and oxygen atoms in total. The van der Waals surface area contributed by atoms with Crippen LogP contribution >= 0.6 is 0 Å². The van der Waals surface area contributed by atoms with Gasteiger partial charge in [0, 0.05) is 12.2 Å². The molecule has 118 valence electrons. The lowest BCUT2D eigenvalue weighted by molar-refractivity contribution is 0.307. The van der Waals surface area contributed by atoms with E-state index < -0.39 is 9.84 Å². The van der Waals surface area contributed by atoms with E-state index in [0.29, 0.717) is 16.7 Å². The van der Waals surface area contributed by atoms with E-state index in [1.54, 1.807) is 12.1 Å². The molecule has 0 heterocycles. The highest BCUT2D eigenvalue weighted by molar-refractivity contribution is 7.91. The summed E-state index contributed by atoms with van der Waals surface area (Å²) in [5.74, 6) is 0.221. The molecule has 0 saturated heterocycles. The van der Waals surface area contributed by atoms with Crippen LogP contribution in [-0.4, -0.2) is 20.7 Å². The fourth-order valence-corrected chi connectivity index (χ4v) is 4.56. The van der Waals surface area contributed by atoms with Crippen LogP contribution in [0.25, 0.3) is 0 Å². The summed E-state index contributed by atoms with van der Waals surface area (Å²) >= 11 is 0. The van der Waals surface area contributed by atoms with Gasteiger partial charge in [-0.2, -0.15) is 0 Å². The summed E-state index contributed by atoms with van der Waals surface area (Å²) in [7, 11) is -3.10.